The minimum atomic E-state index is -0.760. The van der Waals surface area contributed by atoms with Gasteiger partial charge in [0.15, 0.2) is 0 Å². The van der Waals surface area contributed by atoms with Gasteiger partial charge in [-0.15, -0.1) is 0 Å². The van der Waals surface area contributed by atoms with E-state index in [1.54, 1.807) is 0 Å². The Morgan fingerprint density at radius 2 is 2.09 bits per heavy atom. The molecule has 2 aromatic carbocycles. The molecule has 1 aliphatic heterocycles. The number of hydrogen-bond acceptors (Lipinski definition) is 7. The van der Waals surface area contributed by atoms with Crippen LogP contribution >= 0.6 is 11.6 Å². The molecule has 6 N–H and O–H groups in total. The number of nitrogens with one attached hydrogen (secondary N) is 2. The number of halogens is 1. The van der Waals surface area contributed by atoms with Crippen LogP contribution in [0.2, 0.25) is 5.02 Å². The first-order valence-corrected chi connectivity index (χ1v) is 11.3. The number of rotatable bonds is 6. The highest BCUT2D eigenvalue weighted by molar-refractivity contribution is 6.31. The predicted octanol–water partition coefficient (Wildman–Crippen LogP) is 2.26. The lowest BCUT2D eigenvalue weighted by molar-refractivity contribution is -0.116. The lowest BCUT2D eigenvalue weighted by Crippen LogP contribution is -2.67. The molecular weight excluding hydrogens is 438 g/mol. The number of benzene rings is 2. The third-order valence-corrected chi connectivity index (χ3v) is 6.50. The molecule has 4 aromatic rings. The first-order chi connectivity index (χ1) is 16.0. The minimum absolute atomic E-state index is 0.00111. The number of carbonyl (C=O) groups excluding carboxylic acids is 1. The van der Waals surface area contributed by atoms with E-state index in [1.807, 2.05) is 36.4 Å². The van der Waals surface area contributed by atoms with Gasteiger partial charge in [-0.2, -0.15) is 0 Å². The number of hydrogen-bond donors (Lipinski definition) is 4. The van der Waals surface area contributed by atoms with Gasteiger partial charge in [0.05, 0.1) is 11.1 Å². The van der Waals surface area contributed by atoms with Crippen molar-refractivity contribution in [3.05, 3.63) is 65.1 Å². The number of nitrogens with zero attached hydrogens (tertiary/aromatic N) is 3. The summed E-state index contributed by atoms with van der Waals surface area (Å²) in [5, 5.41) is 6.09. The normalized spacial score (nSPS) is 21.6. The van der Waals surface area contributed by atoms with Crippen LogP contribution in [0.5, 0.6) is 0 Å². The van der Waals surface area contributed by atoms with Crippen LogP contribution < -0.4 is 16.8 Å². The molecule has 0 aliphatic carbocycles. The van der Waals surface area contributed by atoms with E-state index in [4.69, 9.17) is 23.1 Å². The Morgan fingerprint density at radius 3 is 2.91 bits per heavy atom. The Kier molecular flexibility index (Phi) is 5.76. The fourth-order valence-corrected chi connectivity index (χ4v) is 5.01. The van der Waals surface area contributed by atoms with Crippen LogP contribution in [0.15, 0.2) is 48.8 Å². The maximum Gasteiger partial charge on any atom is 0.141 e. The smallest absolute Gasteiger partial charge is 0.141 e. The molecular formula is C24H26ClN7O. The van der Waals surface area contributed by atoms with E-state index in [9.17, 15) is 4.79 Å². The summed E-state index contributed by atoms with van der Waals surface area (Å²) in [5.74, 6) is 0.446. The number of aldehydes is 1. The lowest BCUT2D eigenvalue weighted by atomic mass is 9.87. The Morgan fingerprint density at radius 1 is 1.21 bits per heavy atom. The van der Waals surface area contributed by atoms with Crippen LogP contribution in [0, 0.1) is 0 Å². The van der Waals surface area contributed by atoms with Crippen molar-refractivity contribution in [2.45, 2.75) is 24.5 Å². The summed E-state index contributed by atoms with van der Waals surface area (Å²) in [6.07, 6.45) is 2.99. The quantitative estimate of drug-likeness (QED) is 0.323. The summed E-state index contributed by atoms with van der Waals surface area (Å²) >= 11 is 6.14. The molecule has 1 unspecified atom stereocenters. The second-order valence-electron chi connectivity index (χ2n) is 8.83. The molecule has 33 heavy (non-hydrogen) atoms. The van der Waals surface area contributed by atoms with Crippen molar-refractivity contribution < 1.29 is 4.79 Å². The number of fused-ring (bicyclic) bond motifs is 2. The number of aromatic amines is 1. The molecule has 0 spiro atoms. The molecule has 3 heterocycles. The van der Waals surface area contributed by atoms with Gasteiger partial charge < -0.3 is 21.2 Å². The molecule has 2 atom stereocenters. The molecule has 1 fully saturated rings. The van der Waals surface area contributed by atoms with Gasteiger partial charge in [-0.1, -0.05) is 17.7 Å². The van der Waals surface area contributed by atoms with E-state index < -0.39 is 5.54 Å². The molecule has 170 valence electrons. The van der Waals surface area contributed by atoms with E-state index in [2.05, 4.69) is 31.2 Å². The monoisotopic (exact) mass is 463 g/mol. The maximum absolute atomic E-state index is 12.4. The number of piperazine rings is 1. The van der Waals surface area contributed by atoms with E-state index in [0.717, 1.165) is 45.9 Å². The van der Waals surface area contributed by atoms with Crippen molar-refractivity contribution >= 4 is 45.5 Å². The summed E-state index contributed by atoms with van der Waals surface area (Å²) < 4.78 is 0. The fraction of sp³-hybridized carbons (Fsp3) is 0.292. The van der Waals surface area contributed by atoms with Gasteiger partial charge in [0.25, 0.3) is 0 Å². The van der Waals surface area contributed by atoms with E-state index in [0.29, 0.717) is 36.9 Å². The largest absolute Gasteiger partial charge is 0.383 e. The zero-order valence-electron chi connectivity index (χ0n) is 18.1. The third-order valence-electron chi connectivity index (χ3n) is 6.27. The first-order valence-electron chi connectivity index (χ1n) is 10.9. The summed E-state index contributed by atoms with van der Waals surface area (Å²) in [7, 11) is 0. The van der Waals surface area contributed by atoms with Gasteiger partial charge in [-0.3, -0.25) is 10.2 Å². The van der Waals surface area contributed by atoms with Crippen molar-refractivity contribution in [2.75, 3.05) is 25.4 Å². The molecule has 8 nitrogen and oxygen atoms in total. The van der Waals surface area contributed by atoms with Crippen molar-refractivity contribution in [1.82, 2.24) is 25.2 Å². The fourth-order valence-electron chi connectivity index (χ4n) is 4.83. The van der Waals surface area contributed by atoms with Gasteiger partial charge >= 0.3 is 0 Å². The minimum Gasteiger partial charge on any atom is -0.383 e. The number of nitrogens with two attached hydrogens (primary N) is 2. The molecule has 9 heteroatoms. The van der Waals surface area contributed by atoms with Crippen LogP contribution in [0.1, 0.15) is 11.3 Å². The summed E-state index contributed by atoms with van der Waals surface area (Å²) in [6, 6.07) is 13.8. The highest BCUT2D eigenvalue weighted by Gasteiger charge is 2.39. The average molecular weight is 464 g/mol. The van der Waals surface area contributed by atoms with Crippen LogP contribution in [0.3, 0.4) is 0 Å². The van der Waals surface area contributed by atoms with Gasteiger partial charge in [-0.25, -0.2) is 9.97 Å². The van der Waals surface area contributed by atoms with E-state index >= 15 is 0 Å². The van der Waals surface area contributed by atoms with Crippen molar-refractivity contribution in [2.24, 2.45) is 5.73 Å². The zero-order valence-corrected chi connectivity index (χ0v) is 18.8. The maximum atomic E-state index is 12.4. The third kappa shape index (κ3) is 4.43. The number of carbonyl (C=O) groups is 1. The van der Waals surface area contributed by atoms with Crippen LogP contribution in [0.25, 0.3) is 21.8 Å². The van der Waals surface area contributed by atoms with Gasteiger partial charge in [0, 0.05) is 59.2 Å². The molecule has 2 aromatic heterocycles. The Hall–Kier alpha value is -3.04. The number of nitrogen functional groups attached to an aromatic ring is 1. The number of H-pyrrole nitrogens is 1. The summed E-state index contributed by atoms with van der Waals surface area (Å²) in [5.41, 5.74) is 15.1. The second kappa shape index (κ2) is 8.72. The van der Waals surface area contributed by atoms with Crippen molar-refractivity contribution in [3.63, 3.8) is 0 Å². The molecule has 5 rings (SSSR count). The van der Waals surface area contributed by atoms with Crippen molar-refractivity contribution in [1.29, 1.82) is 0 Å². The highest BCUT2D eigenvalue weighted by Crippen LogP contribution is 2.25. The second-order valence-corrected chi connectivity index (χ2v) is 9.27. The number of aromatic nitrogens is 3. The zero-order chi connectivity index (χ0) is 23.0. The van der Waals surface area contributed by atoms with Gasteiger partial charge in [-0.05, 0) is 48.4 Å². The molecule has 0 radical (unpaired) electrons. The molecule has 1 aliphatic rings. The van der Waals surface area contributed by atoms with Crippen LogP contribution in [0.4, 0.5) is 5.82 Å². The van der Waals surface area contributed by atoms with Crippen LogP contribution in [-0.4, -0.2) is 57.4 Å². The topological polar surface area (TPSA) is 126 Å². The molecule has 0 bridgehead atoms. The van der Waals surface area contributed by atoms with Crippen molar-refractivity contribution in [3.8, 4) is 0 Å². The predicted molar refractivity (Wildman–Crippen MR) is 131 cm³/mol. The lowest BCUT2D eigenvalue weighted by Gasteiger charge is -2.44. The highest BCUT2D eigenvalue weighted by atomic mass is 35.5. The summed E-state index contributed by atoms with van der Waals surface area (Å²) in [4.78, 5) is 26.5. The van der Waals surface area contributed by atoms with E-state index in [-0.39, 0.29) is 6.04 Å². The number of anilines is 1. The summed E-state index contributed by atoms with van der Waals surface area (Å²) in [6.45, 7) is 2.44. The first kappa shape index (κ1) is 21.8. The van der Waals surface area contributed by atoms with Gasteiger partial charge in [0.1, 0.15) is 18.4 Å². The Bertz CT molecular complexity index is 1320. The average Bonchev–Trinajstić information content (AvgIpc) is 3.20. The molecule has 1 saturated heterocycles. The SMILES string of the molecule is NC[C@H]1CN(Cc2cc3cc(Cl)ccc3[nH]2)CC(C=O)(Cc2ccc3c(N)ncnc3c2)N1. The van der Waals surface area contributed by atoms with Gasteiger partial charge in [0.2, 0.25) is 0 Å². The standard InChI is InChI=1S/C24H26ClN7O/c25-17-2-4-21-16(6-17)7-18(30-21)10-32-11-19(9-26)31-24(12-32,13-33)8-15-1-3-20-22(5-15)28-14-29-23(20)27/h1-7,13-14,19,30-31H,8-12,26H2,(H2,27,28,29)/t19-,24?/m0/s1. The Labute approximate surface area is 196 Å². The molecule has 0 amide bonds. The van der Waals surface area contributed by atoms with E-state index in [1.165, 1.54) is 6.33 Å². The van der Waals surface area contributed by atoms with Crippen LogP contribution in [-0.2, 0) is 17.8 Å². The Balaban J connectivity index is 1.40. The molecule has 0 saturated carbocycles.